The Bertz CT molecular complexity index is 1030. The number of rotatable bonds is 17. The van der Waals surface area contributed by atoms with E-state index in [1.54, 1.807) is 0 Å². The third kappa shape index (κ3) is 9.33. The van der Waals surface area contributed by atoms with Crippen molar-refractivity contribution in [2.24, 2.45) is 0 Å². The number of nitrogens with one attached hydrogen (secondary N) is 1. The number of aromatic nitrogens is 2. The van der Waals surface area contributed by atoms with Crippen LogP contribution in [-0.2, 0) is 24.2 Å². The van der Waals surface area contributed by atoms with E-state index in [1.165, 1.54) is 62.7 Å². The zero-order valence-corrected chi connectivity index (χ0v) is 22.2. The van der Waals surface area contributed by atoms with Crippen LogP contribution in [0.3, 0.4) is 0 Å². The van der Waals surface area contributed by atoms with Crippen molar-refractivity contribution in [3.05, 3.63) is 64.9 Å². The number of amides is 1. The Morgan fingerprint density at radius 2 is 1.54 bits per heavy atom. The molecule has 1 N–H and O–H groups in total. The number of fused-ring (bicyclic) bond motifs is 1. The van der Waals surface area contributed by atoms with Gasteiger partial charge in [-0.3, -0.25) is 4.79 Å². The van der Waals surface area contributed by atoms with Crippen molar-refractivity contribution < 1.29 is 4.79 Å². The molecule has 190 valence electrons. The van der Waals surface area contributed by atoms with Crippen LogP contribution in [0.5, 0.6) is 0 Å². The second-order valence-corrected chi connectivity index (χ2v) is 9.98. The summed E-state index contributed by atoms with van der Waals surface area (Å²) in [5.74, 6) is 1.24. The van der Waals surface area contributed by atoms with E-state index in [1.807, 2.05) is 24.3 Å². The largest absolute Gasteiger partial charge is 0.356 e. The third-order valence-corrected chi connectivity index (χ3v) is 7.05. The molecule has 0 bridgehead atoms. The van der Waals surface area contributed by atoms with E-state index in [0.29, 0.717) is 18.0 Å². The van der Waals surface area contributed by atoms with Crippen LogP contribution in [0.25, 0.3) is 11.0 Å². The highest BCUT2D eigenvalue weighted by atomic mass is 35.5. The summed E-state index contributed by atoms with van der Waals surface area (Å²) in [6.07, 6.45) is 15.1. The van der Waals surface area contributed by atoms with Crippen molar-refractivity contribution in [3.63, 3.8) is 0 Å². The molecule has 0 atom stereocenters. The second kappa shape index (κ2) is 15.6. The third-order valence-electron chi connectivity index (χ3n) is 6.68. The fraction of sp³-hybridized carbons (Fsp3) is 0.533. The number of imidazole rings is 1. The number of carbonyl (C=O) groups is 1. The van der Waals surface area contributed by atoms with Crippen LogP contribution in [0.4, 0.5) is 0 Å². The minimum absolute atomic E-state index is 0.0326. The predicted octanol–water partition coefficient (Wildman–Crippen LogP) is 7.90. The molecule has 0 fully saturated rings. The molecule has 0 aliphatic carbocycles. The minimum Gasteiger partial charge on any atom is -0.356 e. The summed E-state index contributed by atoms with van der Waals surface area (Å²) in [6.45, 7) is 4.04. The van der Waals surface area contributed by atoms with E-state index >= 15 is 0 Å². The van der Waals surface area contributed by atoms with Crippen LogP contribution in [-0.4, -0.2) is 22.0 Å². The Hall–Kier alpha value is -2.33. The quantitative estimate of drug-likeness (QED) is 0.193. The lowest BCUT2D eigenvalue weighted by Crippen LogP contribution is -2.26. The fourth-order valence-electron chi connectivity index (χ4n) is 4.66. The molecule has 0 radical (unpaired) electrons. The molecule has 0 aliphatic rings. The first-order chi connectivity index (χ1) is 17.2. The fourth-order valence-corrected chi connectivity index (χ4v) is 4.86. The van der Waals surface area contributed by atoms with Crippen molar-refractivity contribution in [2.75, 3.05) is 6.54 Å². The maximum absolute atomic E-state index is 12.2. The normalized spacial score (nSPS) is 11.3. The maximum atomic E-state index is 12.2. The number of carbonyl (C=O) groups excluding carboxylic acids is 1. The Morgan fingerprint density at radius 3 is 2.34 bits per heavy atom. The van der Waals surface area contributed by atoms with Gasteiger partial charge in [0.1, 0.15) is 5.82 Å². The molecular formula is C30H42ClN3O. The molecule has 35 heavy (non-hydrogen) atoms. The Labute approximate surface area is 216 Å². The molecule has 1 heterocycles. The number of nitrogens with zero attached hydrogens (tertiary/aromatic N) is 2. The first kappa shape index (κ1) is 27.3. The number of hydrogen-bond acceptors (Lipinski definition) is 2. The second-order valence-electron chi connectivity index (χ2n) is 9.57. The SMILES string of the molecule is CCCCCCCCCCn1c(CCCCCNC(=O)Cc2ccccc2Cl)nc2ccccc21. The van der Waals surface area contributed by atoms with E-state index in [-0.39, 0.29) is 5.91 Å². The van der Waals surface area contributed by atoms with Gasteiger partial charge in [0.2, 0.25) is 5.91 Å². The molecular weight excluding hydrogens is 454 g/mol. The number of unbranched alkanes of at least 4 members (excludes halogenated alkanes) is 9. The summed E-state index contributed by atoms with van der Waals surface area (Å²) < 4.78 is 2.44. The predicted molar refractivity (Wildman–Crippen MR) is 148 cm³/mol. The van der Waals surface area contributed by atoms with Crippen LogP contribution in [0, 0.1) is 0 Å². The summed E-state index contributed by atoms with van der Waals surface area (Å²) in [4.78, 5) is 17.1. The first-order valence-electron chi connectivity index (χ1n) is 13.6. The first-order valence-corrected chi connectivity index (χ1v) is 14.0. The molecule has 0 spiro atoms. The van der Waals surface area contributed by atoms with Crippen LogP contribution in [0.15, 0.2) is 48.5 Å². The topological polar surface area (TPSA) is 46.9 Å². The molecule has 5 heteroatoms. The number of para-hydroxylation sites is 2. The lowest BCUT2D eigenvalue weighted by atomic mass is 10.1. The molecule has 0 aliphatic heterocycles. The van der Waals surface area contributed by atoms with Gasteiger partial charge in [0.05, 0.1) is 17.5 Å². The summed E-state index contributed by atoms with van der Waals surface area (Å²) in [5.41, 5.74) is 3.24. The molecule has 0 saturated heterocycles. The van der Waals surface area contributed by atoms with Crippen LogP contribution < -0.4 is 5.32 Å². The van der Waals surface area contributed by atoms with Gasteiger partial charge in [-0.15, -0.1) is 0 Å². The van der Waals surface area contributed by atoms with Crippen molar-refractivity contribution in [1.29, 1.82) is 0 Å². The molecule has 0 saturated carbocycles. The van der Waals surface area contributed by atoms with E-state index in [4.69, 9.17) is 16.6 Å². The summed E-state index contributed by atoms with van der Waals surface area (Å²) in [5, 5.41) is 3.68. The van der Waals surface area contributed by atoms with Gasteiger partial charge in [-0.05, 0) is 43.0 Å². The van der Waals surface area contributed by atoms with Gasteiger partial charge in [-0.1, -0.05) is 100 Å². The number of aryl methyl sites for hydroxylation is 2. The highest BCUT2D eigenvalue weighted by Gasteiger charge is 2.10. The molecule has 4 nitrogen and oxygen atoms in total. The Morgan fingerprint density at radius 1 is 0.857 bits per heavy atom. The van der Waals surface area contributed by atoms with E-state index in [2.05, 4.69) is 41.1 Å². The summed E-state index contributed by atoms with van der Waals surface area (Å²) >= 11 is 6.15. The lowest BCUT2D eigenvalue weighted by molar-refractivity contribution is -0.120. The van der Waals surface area contributed by atoms with Crippen LogP contribution in [0.1, 0.15) is 88.9 Å². The number of halogens is 1. The van der Waals surface area contributed by atoms with Gasteiger partial charge in [-0.2, -0.15) is 0 Å². The van der Waals surface area contributed by atoms with Gasteiger partial charge in [-0.25, -0.2) is 4.98 Å². The van der Waals surface area contributed by atoms with Gasteiger partial charge in [0.25, 0.3) is 0 Å². The van der Waals surface area contributed by atoms with Crippen molar-refractivity contribution in [3.8, 4) is 0 Å². The van der Waals surface area contributed by atoms with E-state index < -0.39 is 0 Å². The molecule has 0 unspecified atom stereocenters. The van der Waals surface area contributed by atoms with Crippen LogP contribution in [0.2, 0.25) is 5.02 Å². The Kier molecular flexibility index (Phi) is 12.2. The van der Waals surface area contributed by atoms with Crippen LogP contribution >= 0.6 is 11.6 Å². The molecule has 3 aromatic rings. The van der Waals surface area contributed by atoms with Gasteiger partial charge >= 0.3 is 0 Å². The van der Waals surface area contributed by atoms with Gasteiger partial charge in [0, 0.05) is 24.5 Å². The monoisotopic (exact) mass is 495 g/mol. The Balaban J connectivity index is 1.37. The minimum atomic E-state index is 0.0326. The van der Waals surface area contributed by atoms with Crippen molar-refractivity contribution in [1.82, 2.24) is 14.9 Å². The van der Waals surface area contributed by atoms with Gasteiger partial charge < -0.3 is 9.88 Å². The van der Waals surface area contributed by atoms with Crippen molar-refractivity contribution >= 4 is 28.5 Å². The zero-order valence-electron chi connectivity index (χ0n) is 21.4. The molecule has 2 aromatic carbocycles. The standard InChI is InChI=1S/C30H42ClN3O/c1-2-3-4-5-6-7-8-16-23-34-28-20-14-13-19-27(28)33-29(34)21-10-9-15-22-32-30(35)24-25-17-11-12-18-26(25)31/h11-14,17-20H,2-10,15-16,21-24H2,1H3,(H,32,35). The zero-order chi connectivity index (χ0) is 24.7. The number of benzene rings is 2. The van der Waals surface area contributed by atoms with E-state index in [9.17, 15) is 4.79 Å². The molecule has 3 rings (SSSR count). The molecule has 1 amide bonds. The van der Waals surface area contributed by atoms with E-state index in [0.717, 1.165) is 43.3 Å². The van der Waals surface area contributed by atoms with Gasteiger partial charge in [0.15, 0.2) is 0 Å². The summed E-state index contributed by atoms with van der Waals surface area (Å²) in [6, 6.07) is 16.0. The molecule has 1 aromatic heterocycles. The average Bonchev–Trinajstić information content (AvgIpc) is 3.21. The highest BCUT2D eigenvalue weighted by Crippen LogP contribution is 2.20. The highest BCUT2D eigenvalue weighted by molar-refractivity contribution is 6.31. The maximum Gasteiger partial charge on any atom is 0.224 e. The average molecular weight is 496 g/mol. The summed E-state index contributed by atoms with van der Waals surface area (Å²) in [7, 11) is 0. The smallest absolute Gasteiger partial charge is 0.224 e. The lowest BCUT2D eigenvalue weighted by Gasteiger charge is -2.10. The van der Waals surface area contributed by atoms with Crippen molar-refractivity contribution in [2.45, 2.75) is 96.9 Å². The number of hydrogen-bond donors (Lipinski definition) is 1.